The fourth-order valence-electron chi connectivity index (χ4n) is 1.52. The molecule has 2 N–H and O–H groups in total. The Kier molecular flexibility index (Phi) is 4.60. The van der Waals surface area contributed by atoms with Crippen molar-refractivity contribution in [3.05, 3.63) is 30.3 Å². The van der Waals surface area contributed by atoms with Crippen LogP contribution in [0.3, 0.4) is 0 Å². The number of nitrogens with two attached hydrogens (primary N) is 1. The summed E-state index contributed by atoms with van der Waals surface area (Å²) >= 11 is 0. The summed E-state index contributed by atoms with van der Waals surface area (Å²) in [6.07, 6.45) is 0.970. The Morgan fingerprint density at radius 3 is 2.35 bits per heavy atom. The Morgan fingerprint density at radius 1 is 1.05 bits per heavy atom. The third-order valence-electron chi connectivity index (χ3n) is 2.42. The predicted octanol–water partition coefficient (Wildman–Crippen LogP) is 2.65. The smallest absolute Gasteiger partial charge is 0.227 e. The standard InChI is InChI=1S/C14H17N3O3/c1-3-8-19-10-4-6-11(7-5-10)20-13-9-12(18-2)16-14(15)17-13/h4-7,9H,3,8H2,1-2H3,(H2,15,16,17). The summed E-state index contributed by atoms with van der Waals surface area (Å²) in [6, 6.07) is 8.85. The molecular weight excluding hydrogens is 258 g/mol. The predicted molar refractivity (Wildman–Crippen MR) is 75.3 cm³/mol. The van der Waals surface area contributed by atoms with Crippen LogP contribution in [0.15, 0.2) is 30.3 Å². The van der Waals surface area contributed by atoms with Crippen LogP contribution in [-0.4, -0.2) is 23.7 Å². The third kappa shape index (κ3) is 3.74. The summed E-state index contributed by atoms with van der Waals surface area (Å²) in [5, 5.41) is 0. The van der Waals surface area contributed by atoms with E-state index in [1.54, 1.807) is 18.2 Å². The van der Waals surface area contributed by atoms with Crippen molar-refractivity contribution in [2.24, 2.45) is 0 Å². The highest BCUT2D eigenvalue weighted by atomic mass is 16.5. The summed E-state index contributed by atoms with van der Waals surface area (Å²) in [6.45, 7) is 2.75. The molecule has 6 nitrogen and oxygen atoms in total. The Balaban J connectivity index is 2.07. The molecule has 1 heterocycles. The van der Waals surface area contributed by atoms with Crippen LogP contribution in [-0.2, 0) is 0 Å². The molecule has 0 atom stereocenters. The van der Waals surface area contributed by atoms with E-state index in [-0.39, 0.29) is 5.95 Å². The summed E-state index contributed by atoms with van der Waals surface area (Å²) in [4.78, 5) is 7.87. The minimum Gasteiger partial charge on any atom is -0.494 e. The Labute approximate surface area is 117 Å². The molecule has 20 heavy (non-hydrogen) atoms. The monoisotopic (exact) mass is 275 g/mol. The summed E-state index contributed by atoms with van der Waals surface area (Å²) in [7, 11) is 1.51. The van der Waals surface area contributed by atoms with Crippen LogP contribution in [0.25, 0.3) is 0 Å². The quantitative estimate of drug-likeness (QED) is 0.873. The van der Waals surface area contributed by atoms with E-state index in [0.29, 0.717) is 24.1 Å². The number of benzene rings is 1. The van der Waals surface area contributed by atoms with Gasteiger partial charge in [0.1, 0.15) is 11.5 Å². The van der Waals surface area contributed by atoms with Crippen LogP contribution in [0.5, 0.6) is 23.3 Å². The second-order valence-corrected chi connectivity index (χ2v) is 4.03. The first-order valence-electron chi connectivity index (χ1n) is 6.30. The van der Waals surface area contributed by atoms with Gasteiger partial charge in [-0.15, -0.1) is 0 Å². The maximum atomic E-state index is 5.59. The lowest BCUT2D eigenvalue weighted by Crippen LogP contribution is -1.99. The highest BCUT2D eigenvalue weighted by Crippen LogP contribution is 2.25. The molecule has 0 fully saturated rings. The fraction of sp³-hybridized carbons (Fsp3) is 0.286. The molecule has 106 valence electrons. The van der Waals surface area contributed by atoms with Crippen LogP contribution >= 0.6 is 0 Å². The van der Waals surface area contributed by atoms with Crippen molar-refractivity contribution in [1.29, 1.82) is 0 Å². The van der Waals surface area contributed by atoms with E-state index in [1.807, 2.05) is 12.1 Å². The van der Waals surface area contributed by atoms with Crippen LogP contribution in [0.4, 0.5) is 5.95 Å². The third-order valence-corrected chi connectivity index (χ3v) is 2.42. The molecule has 0 amide bonds. The van der Waals surface area contributed by atoms with Gasteiger partial charge in [-0.05, 0) is 30.7 Å². The zero-order valence-corrected chi connectivity index (χ0v) is 11.5. The number of ether oxygens (including phenoxy) is 3. The largest absolute Gasteiger partial charge is 0.494 e. The van der Waals surface area contributed by atoms with Crippen molar-refractivity contribution in [1.82, 2.24) is 9.97 Å². The van der Waals surface area contributed by atoms with Gasteiger partial charge in [0.05, 0.1) is 19.8 Å². The second-order valence-electron chi connectivity index (χ2n) is 4.03. The van der Waals surface area contributed by atoms with Gasteiger partial charge in [0.2, 0.25) is 17.7 Å². The zero-order valence-electron chi connectivity index (χ0n) is 11.5. The summed E-state index contributed by atoms with van der Waals surface area (Å²) in [5.74, 6) is 2.22. The highest BCUT2D eigenvalue weighted by molar-refractivity contribution is 5.36. The van der Waals surface area contributed by atoms with Crippen molar-refractivity contribution in [2.75, 3.05) is 19.5 Å². The van der Waals surface area contributed by atoms with Gasteiger partial charge < -0.3 is 19.9 Å². The fourth-order valence-corrected chi connectivity index (χ4v) is 1.52. The zero-order chi connectivity index (χ0) is 14.4. The summed E-state index contributed by atoms with van der Waals surface area (Å²) < 4.78 is 16.1. The second kappa shape index (κ2) is 6.60. The molecule has 2 aromatic rings. The number of anilines is 1. The number of rotatable bonds is 6. The average Bonchev–Trinajstić information content (AvgIpc) is 2.46. The van der Waals surface area contributed by atoms with E-state index < -0.39 is 0 Å². The van der Waals surface area contributed by atoms with Gasteiger partial charge >= 0.3 is 0 Å². The molecule has 1 aromatic carbocycles. The number of nitrogens with zero attached hydrogens (tertiary/aromatic N) is 2. The van der Waals surface area contributed by atoms with E-state index in [9.17, 15) is 0 Å². The lowest BCUT2D eigenvalue weighted by molar-refractivity contribution is 0.317. The van der Waals surface area contributed by atoms with Crippen molar-refractivity contribution < 1.29 is 14.2 Å². The molecule has 1 aromatic heterocycles. The van der Waals surface area contributed by atoms with Crippen molar-refractivity contribution in [3.8, 4) is 23.3 Å². The SMILES string of the molecule is CCCOc1ccc(Oc2cc(OC)nc(N)n2)cc1. The van der Waals surface area contributed by atoms with Gasteiger partial charge in [0.25, 0.3) is 0 Å². The van der Waals surface area contributed by atoms with Gasteiger partial charge in [-0.25, -0.2) is 0 Å². The molecule has 0 bridgehead atoms. The molecular formula is C14H17N3O3. The Morgan fingerprint density at radius 2 is 1.70 bits per heavy atom. The van der Waals surface area contributed by atoms with E-state index in [0.717, 1.165) is 12.2 Å². The van der Waals surface area contributed by atoms with E-state index in [4.69, 9.17) is 19.9 Å². The Hall–Kier alpha value is -2.50. The van der Waals surface area contributed by atoms with Crippen LogP contribution < -0.4 is 19.9 Å². The number of hydrogen-bond donors (Lipinski definition) is 1. The molecule has 0 radical (unpaired) electrons. The molecule has 0 aliphatic rings. The van der Waals surface area contributed by atoms with Crippen molar-refractivity contribution in [3.63, 3.8) is 0 Å². The minimum atomic E-state index is 0.0993. The van der Waals surface area contributed by atoms with Gasteiger partial charge in [-0.3, -0.25) is 0 Å². The first-order valence-corrected chi connectivity index (χ1v) is 6.30. The van der Waals surface area contributed by atoms with Crippen LogP contribution in [0.1, 0.15) is 13.3 Å². The molecule has 0 aliphatic carbocycles. The highest BCUT2D eigenvalue weighted by Gasteiger charge is 2.05. The maximum absolute atomic E-state index is 5.59. The van der Waals surface area contributed by atoms with Crippen molar-refractivity contribution in [2.45, 2.75) is 13.3 Å². The normalized spacial score (nSPS) is 10.1. The first kappa shape index (κ1) is 13.9. The average molecular weight is 275 g/mol. The van der Waals surface area contributed by atoms with Gasteiger partial charge in [0.15, 0.2) is 0 Å². The molecule has 0 aliphatic heterocycles. The van der Waals surface area contributed by atoms with Gasteiger partial charge in [-0.1, -0.05) is 6.92 Å². The molecule has 0 spiro atoms. The minimum absolute atomic E-state index is 0.0993. The van der Waals surface area contributed by atoms with E-state index in [2.05, 4.69) is 16.9 Å². The topological polar surface area (TPSA) is 79.5 Å². The molecule has 2 rings (SSSR count). The maximum Gasteiger partial charge on any atom is 0.227 e. The van der Waals surface area contributed by atoms with Gasteiger partial charge in [-0.2, -0.15) is 9.97 Å². The number of methoxy groups -OCH3 is 1. The lowest BCUT2D eigenvalue weighted by Gasteiger charge is -2.08. The number of hydrogen-bond acceptors (Lipinski definition) is 6. The van der Waals surface area contributed by atoms with Crippen LogP contribution in [0, 0.1) is 0 Å². The Bertz CT molecular complexity index is 558. The van der Waals surface area contributed by atoms with Crippen LogP contribution in [0.2, 0.25) is 0 Å². The molecule has 0 saturated carbocycles. The van der Waals surface area contributed by atoms with Crippen molar-refractivity contribution >= 4 is 5.95 Å². The first-order chi connectivity index (χ1) is 9.71. The number of nitrogen functional groups attached to an aromatic ring is 1. The van der Waals surface area contributed by atoms with Gasteiger partial charge in [0, 0.05) is 0 Å². The van der Waals surface area contributed by atoms with E-state index >= 15 is 0 Å². The molecule has 0 unspecified atom stereocenters. The lowest BCUT2D eigenvalue weighted by atomic mass is 10.3. The number of aromatic nitrogens is 2. The molecule has 0 saturated heterocycles. The summed E-state index contributed by atoms with van der Waals surface area (Å²) in [5.41, 5.74) is 5.57. The molecule has 6 heteroatoms. The van der Waals surface area contributed by atoms with E-state index in [1.165, 1.54) is 7.11 Å².